The van der Waals surface area contributed by atoms with Gasteiger partial charge in [-0.05, 0) is 38.6 Å². The maximum atomic E-state index is 12.6. The average molecular weight is 393 g/mol. The van der Waals surface area contributed by atoms with E-state index in [2.05, 4.69) is 5.32 Å². The zero-order valence-electron chi connectivity index (χ0n) is 15.1. The molecule has 2 rings (SSSR count). The number of nitrogens with zero attached hydrogens (tertiary/aromatic N) is 2. The lowest BCUT2D eigenvalue weighted by atomic mass is 9.94. The van der Waals surface area contributed by atoms with Crippen LogP contribution in [0.25, 0.3) is 0 Å². The van der Waals surface area contributed by atoms with Crippen LogP contribution in [-0.4, -0.2) is 40.2 Å². The highest BCUT2D eigenvalue weighted by Gasteiger charge is 2.41. The van der Waals surface area contributed by atoms with Crippen LogP contribution in [0, 0.1) is 10.1 Å². The Morgan fingerprint density at radius 1 is 1.30 bits per heavy atom. The van der Waals surface area contributed by atoms with Crippen LogP contribution in [-0.2, 0) is 14.3 Å². The molecule has 1 aromatic rings. The molecule has 1 aliphatic rings. The standard InChI is InChI=1S/C17H19N3O6S/c1-4-25-15(21)13-10(3)18-16(27)19(17(22)26-5-2)14(13)11-7-6-8-12(9-11)20(23)24/h6-9,14H,4-5H2,1-3H3,(H,18,27). The van der Waals surface area contributed by atoms with E-state index in [1.807, 2.05) is 0 Å². The normalized spacial score (nSPS) is 16.6. The minimum absolute atomic E-state index is 0.0236. The minimum atomic E-state index is -1.02. The van der Waals surface area contributed by atoms with Gasteiger partial charge in [0.05, 0.1) is 23.7 Å². The molecule has 1 aliphatic heterocycles. The molecule has 0 saturated carbocycles. The molecule has 1 heterocycles. The maximum absolute atomic E-state index is 12.6. The Morgan fingerprint density at radius 2 is 1.96 bits per heavy atom. The number of thiocarbonyl (C=S) groups is 1. The average Bonchev–Trinajstić information content (AvgIpc) is 2.61. The highest BCUT2D eigenvalue weighted by Crippen LogP contribution is 2.36. The molecule has 1 aromatic carbocycles. The summed E-state index contributed by atoms with van der Waals surface area (Å²) in [5.41, 5.74) is 0.680. The molecule has 0 spiro atoms. The molecule has 1 N–H and O–H groups in total. The van der Waals surface area contributed by atoms with Gasteiger partial charge in [0.1, 0.15) is 6.04 Å². The predicted molar refractivity (Wildman–Crippen MR) is 99.8 cm³/mol. The van der Waals surface area contributed by atoms with Crippen molar-refractivity contribution < 1.29 is 24.0 Å². The SMILES string of the molecule is CCOC(=O)C1=C(C)NC(=S)N(C(=O)OCC)C1c1cccc([N+](=O)[O-])c1. The molecule has 0 aromatic heterocycles. The molecule has 0 radical (unpaired) electrons. The Hall–Kier alpha value is -3.01. The Labute approximate surface area is 161 Å². The first kappa shape index (κ1) is 20.3. The Bertz CT molecular complexity index is 823. The van der Waals surface area contributed by atoms with Crippen molar-refractivity contribution in [3.63, 3.8) is 0 Å². The predicted octanol–water partition coefficient (Wildman–Crippen LogP) is 2.82. The molecule has 1 amide bonds. The molecule has 0 aliphatic carbocycles. The molecule has 27 heavy (non-hydrogen) atoms. The van der Waals surface area contributed by atoms with Crippen molar-refractivity contribution in [3.8, 4) is 0 Å². The van der Waals surface area contributed by atoms with Gasteiger partial charge < -0.3 is 14.8 Å². The van der Waals surface area contributed by atoms with Crippen LogP contribution in [0.15, 0.2) is 35.5 Å². The lowest BCUT2D eigenvalue weighted by Gasteiger charge is -2.37. The Balaban J connectivity index is 2.66. The van der Waals surface area contributed by atoms with Crippen LogP contribution in [0.1, 0.15) is 32.4 Å². The molecule has 1 atom stereocenters. The van der Waals surface area contributed by atoms with Crippen molar-refractivity contribution in [2.24, 2.45) is 0 Å². The summed E-state index contributed by atoms with van der Waals surface area (Å²) in [6, 6.07) is 4.64. The maximum Gasteiger partial charge on any atom is 0.416 e. The lowest BCUT2D eigenvalue weighted by Crippen LogP contribution is -2.51. The summed E-state index contributed by atoms with van der Waals surface area (Å²) in [4.78, 5) is 36.8. The van der Waals surface area contributed by atoms with Gasteiger partial charge in [0.2, 0.25) is 0 Å². The van der Waals surface area contributed by atoms with Crippen molar-refractivity contribution in [1.82, 2.24) is 10.2 Å². The van der Waals surface area contributed by atoms with Crippen LogP contribution in [0.2, 0.25) is 0 Å². The Kier molecular flexibility index (Phi) is 6.45. The summed E-state index contributed by atoms with van der Waals surface area (Å²) in [5.74, 6) is -0.657. The van der Waals surface area contributed by atoms with Gasteiger partial charge in [-0.2, -0.15) is 0 Å². The van der Waals surface area contributed by atoms with E-state index in [-0.39, 0.29) is 29.6 Å². The third-order valence-corrected chi connectivity index (χ3v) is 4.10. The minimum Gasteiger partial charge on any atom is -0.463 e. The molecular formula is C17H19N3O6S. The molecular weight excluding hydrogens is 374 g/mol. The summed E-state index contributed by atoms with van der Waals surface area (Å²) in [5, 5.41) is 14.0. The van der Waals surface area contributed by atoms with Crippen molar-refractivity contribution in [2.45, 2.75) is 26.8 Å². The number of hydrogen-bond acceptors (Lipinski definition) is 7. The van der Waals surface area contributed by atoms with Gasteiger partial charge in [-0.3, -0.25) is 10.1 Å². The van der Waals surface area contributed by atoms with Crippen LogP contribution in [0.5, 0.6) is 0 Å². The summed E-state index contributed by atoms with van der Waals surface area (Å²) in [6.07, 6.45) is -0.777. The van der Waals surface area contributed by atoms with Gasteiger partial charge in [0, 0.05) is 17.8 Å². The third kappa shape index (κ3) is 4.22. The van der Waals surface area contributed by atoms with E-state index >= 15 is 0 Å². The topological polar surface area (TPSA) is 111 Å². The van der Waals surface area contributed by atoms with E-state index in [4.69, 9.17) is 21.7 Å². The Morgan fingerprint density at radius 3 is 2.56 bits per heavy atom. The van der Waals surface area contributed by atoms with E-state index in [0.717, 1.165) is 4.90 Å². The lowest BCUT2D eigenvalue weighted by molar-refractivity contribution is -0.384. The zero-order chi connectivity index (χ0) is 20.1. The number of nitro benzene ring substituents is 1. The van der Waals surface area contributed by atoms with Crippen molar-refractivity contribution in [1.29, 1.82) is 0 Å². The van der Waals surface area contributed by atoms with Crippen molar-refractivity contribution >= 4 is 35.1 Å². The summed E-state index contributed by atoms with van der Waals surface area (Å²) < 4.78 is 10.2. The van der Waals surface area contributed by atoms with Crippen LogP contribution in [0.4, 0.5) is 10.5 Å². The van der Waals surface area contributed by atoms with E-state index in [9.17, 15) is 19.7 Å². The second-order valence-electron chi connectivity index (χ2n) is 5.51. The zero-order valence-corrected chi connectivity index (χ0v) is 15.9. The number of non-ortho nitro benzene ring substituents is 1. The summed E-state index contributed by atoms with van der Waals surface area (Å²) >= 11 is 5.25. The van der Waals surface area contributed by atoms with E-state index in [1.54, 1.807) is 26.8 Å². The van der Waals surface area contributed by atoms with Crippen LogP contribution in [0.3, 0.4) is 0 Å². The molecule has 10 heteroatoms. The number of rotatable bonds is 5. The van der Waals surface area contributed by atoms with Gasteiger partial charge in [0.15, 0.2) is 5.11 Å². The monoisotopic (exact) mass is 393 g/mol. The summed E-state index contributed by atoms with van der Waals surface area (Å²) in [6.45, 7) is 5.12. The van der Waals surface area contributed by atoms with Crippen LogP contribution < -0.4 is 5.32 Å². The summed E-state index contributed by atoms with van der Waals surface area (Å²) in [7, 11) is 0. The van der Waals surface area contributed by atoms with E-state index in [0.29, 0.717) is 11.3 Å². The number of hydrogen-bond donors (Lipinski definition) is 1. The number of nitro groups is 1. The van der Waals surface area contributed by atoms with E-state index < -0.39 is 23.0 Å². The second-order valence-corrected chi connectivity index (χ2v) is 5.90. The number of benzene rings is 1. The van der Waals surface area contributed by atoms with Crippen molar-refractivity contribution in [2.75, 3.05) is 13.2 Å². The molecule has 0 fully saturated rings. The number of nitrogens with one attached hydrogen (secondary N) is 1. The largest absolute Gasteiger partial charge is 0.463 e. The second kappa shape index (κ2) is 8.58. The fourth-order valence-corrected chi connectivity index (χ4v) is 3.05. The van der Waals surface area contributed by atoms with Gasteiger partial charge in [-0.25, -0.2) is 14.5 Å². The number of allylic oxidation sites excluding steroid dienone is 1. The smallest absolute Gasteiger partial charge is 0.416 e. The third-order valence-electron chi connectivity index (χ3n) is 3.81. The number of amides is 1. The number of ether oxygens (including phenoxy) is 2. The van der Waals surface area contributed by atoms with Gasteiger partial charge >= 0.3 is 12.1 Å². The highest BCUT2D eigenvalue weighted by atomic mass is 32.1. The molecule has 9 nitrogen and oxygen atoms in total. The fourth-order valence-electron chi connectivity index (χ4n) is 2.72. The van der Waals surface area contributed by atoms with Gasteiger partial charge in [-0.15, -0.1) is 0 Å². The molecule has 144 valence electrons. The van der Waals surface area contributed by atoms with Gasteiger partial charge in [0.25, 0.3) is 5.69 Å². The molecule has 1 unspecified atom stereocenters. The number of carbonyl (C=O) groups is 2. The number of esters is 1. The van der Waals surface area contributed by atoms with E-state index in [1.165, 1.54) is 18.2 Å². The van der Waals surface area contributed by atoms with Gasteiger partial charge in [-0.1, -0.05) is 12.1 Å². The van der Waals surface area contributed by atoms with Crippen LogP contribution >= 0.6 is 12.2 Å². The molecule has 0 saturated heterocycles. The first-order chi connectivity index (χ1) is 12.8. The van der Waals surface area contributed by atoms with Crippen molar-refractivity contribution in [3.05, 3.63) is 51.2 Å². The first-order valence-corrected chi connectivity index (χ1v) is 8.61. The first-order valence-electron chi connectivity index (χ1n) is 8.21. The molecule has 0 bridgehead atoms. The fraction of sp³-hybridized carbons (Fsp3) is 0.353. The quantitative estimate of drug-likeness (QED) is 0.352. The highest BCUT2D eigenvalue weighted by molar-refractivity contribution is 7.80. The number of carbonyl (C=O) groups excluding carboxylic acids is 2.